The molecule has 21 heavy (non-hydrogen) atoms. The second-order valence-corrected chi connectivity index (χ2v) is 4.98. The number of nitro benzene ring substituents is 1. The molecule has 1 aromatic carbocycles. The normalized spacial score (nSPS) is 11.8. The lowest BCUT2D eigenvalue weighted by Gasteiger charge is -2.17. The summed E-state index contributed by atoms with van der Waals surface area (Å²) in [6.07, 6.45) is 0. The summed E-state index contributed by atoms with van der Waals surface area (Å²) in [5.74, 6) is -0.803. The molecule has 0 aromatic heterocycles. The summed E-state index contributed by atoms with van der Waals surface area (Å²) in [5, 5.41) is 13.2. The van der Waals surface area contributed by atoms with Gasteiger partial charge in [-0.15, -0.1) is 0 Å². The van der Waals surface area contributed by atoms with Crippen molar-refractivity contribution in [3.63, 3.8) is 0 Å². The molecule has 0 aliphatic rings. The SMILES string of the molecule is CC(C)[C@H](C)NC(=O)COC(=O)c1ccc([N+](=O)[O-])cc1. The van der Waals surface area contributed by atoms with Gasteiger partial charge in [0, 0.05) is 18.2 Å². The Morgan fingerprint density at radius 1 is 1.24 bits per heavy atom. The van der Waals surface area contributed by atoms with Crippen molar-refractivity contribution in [2.45, 2.75) is 26.8 Å². The maximum Gasteiger partial charge on any atom is 0.338 e. The van der Waals surface area contributed by atoms with E-state index in [0.29, 0.717) is 0 Å². The predicted molar refractivity (Wildman–Crippen MR) is 75.8 cm³/mol. The molecule has 7 nitrogen and oxygen atoms in total. The van der Waals surface area contributed by atoms with Crippen molar-refractivity contribution >= 4 is 17.6 Å². The zero-order chi connectivity index (χ0) is 16.0. The number of esters is 1. The van der Waals surface area contributed by atoms with Gasteiger partial charge in [-0.3, -0.25) is 14.9 Å². The highest BCUT2D eigenvalue weighted by Gasteiger charge is 2.14. The minimum Gasteiger partial charge on any atom is -0.452 e. The zero-order valence-corrected chi connectivity index (χ0v) is 12.2. The average Bonchev–Trinajstić information content (AvgIpc) is 2.44. The molecule has 1 atom stereocenters. The van der Waals surface area contributed by atoms with Crippen molar-refractivity contribution in [3.05, 3.63) is 39.9 Å². The largest absolute Gasteiger partial charge is 0.452 e. The lowest BCUT2D eigenvalue weighted by Crippen LogP contribution is -2.38. The number of hydrogen-bond acceptors (Lipinski definition) is 5. The lowest BCUT2D eigenvalue weighted by molar-refractivity contribution is -0.384. The number of ether oxygens (including phenoxy) is 1. The van der Waals surface area contributed by atoms with Crippen LogP contribution in [0.25, 0.3) is 0 Å². The van der Waals surface area contributed by atoms with Crippen LogP contribution in [0, 0.1) is 16.0 Å². The molecule has 1 amide bonds. The number of non-ortho nitro benzene ring substituents is 1. The van der Waals surface area contributed by atoms with Crippen molar-refractivity contribution in [1.82, 2.24) is 5.32 Å². The van der Waals surface area contributed by atoms with Gasteiger partial charge in [0.05, 0.1) is 10.5 Å². The van der Waals surface area contributed by atoms with Crippen molar-refractivity contribution in [2.75, 3.05) is 6.61 Å². The number of nitrogens with one attached hydrogen (secondary N) is 1. The van der Waals surface area contributed by atoms with E-state index in [-0.39, 0.29) is 35.7 Å². The summed E-state index contributed by atoms with van der Waals surface area (Å²) in [4.78, 5) is 33.2. The van der Waals surface area contributed by atoms with E-state index in [4.69, 9.17) is 4.74 Å². The average molecular weight is 294 g/mol. The van der Waals surface area contributed by atoms with E-state index in [1.54, 1.807) is 0 Å². The smallest absolute Gasteiger partial charge is 0.338 e. The second-order valence-electron chi connectivity index (χ2n) is 4.98. The second kappa shape index (κ2) is 7.37. The Morgan fingerprint density at radius 2 is 1.81 bits per heavy atom. The molecule has 0 saturated heterocycles. The van der Waals surface area contributed by atoms with Crippen LogP contribution in [-0.4, -0.2) is 29.4 Å². The van der Waals surface area contributed by atoms with Gasteiger partial charge in [-0.2, -0.15) is 0 Å². The molecule has 0 bridgehead atoms. The number of carbonyl (C=O) groups excluding carboxylic acids is 2. The third-order valence-electron chi connectivity index (χ3n) is 3.04. The minimum absolute atomic E-state index is 0.0180. The molecular weight excluding hydrogens is 276 g/mol. The van der Waals surface area contributed by atoms with E-state index < -0.39 is 10.9 Å². The number of amides is 1. The third-order valence-corrected chi connectivity index (χ3v) is 3.04. The minimum atomic E-state index is -0.697. The number of rotatable bonds is 6. The maximum absolute atomic E-state index is 11.7. The van der Waals surface area contributed by atoms with Crippen LogP contribution >= 0.6 is 0 Å². The number of nitro groups is 1. The highest BCUT2D eigenvalue weighted by atomic mass is 16.6. The summed E-state index contributed by atoms with van der Waals surface area (Å²) < 4.78 is 4.85. The van der Waals surface area contributed by atoms with E-state index in [9.17, 15) is 19.7 Å². The molecule has 1 aromatic rings. The van der Waals surface area contributed by atoms with Crippen LogP contribution in [0.4, 0.5) is 5.69 Å². The highest BCUT2D eigenvalue weighted by Crippen LogP contribution is 2.12. The molecular formula is C14H18N2O5. The van der Waals surface area contributed by atoms with E-state index in [2.05, 4.69) is 5.32 Å². The first-order chi connectivity index (χ1) is 9.81. The first-order valence-corrected chi connectivity index (χ1v) is 6.52. The number of nitrogens with zero attached hydrogens (tertiary/aromatic N) is 1. The summed E-state index contributed by atoms with van der Waals surface area (Å²) in [7, 11) is 0. The van der Waals surface area contributed by atoms with Gasteiger partial charge in [0.15, 0.2) is 6.61 Å². The lowest BCUT2D eigenvalue weighted by atomic mass is 10.1. The van der Waals surface area contributed by atoms with Gasteiger partial charge in [-0.25, -0.2) is 4.79 Å². The Balaban J connectivity index is 2.50. The fourth-order valence-electron chi connectivity index (χ4n) is 1.40. The Kier molecular flexibility index (Phi) is 5.83. The zero-order valence-electron chi connectivity index (χ0n) is 12.2. The van der Waals surface area contributed by atoms with Crippen molar-refractivity contribution in [3.8, 4) is 0 Å². The maximum atomic E-state index is 11.7. The fraction of sp³-hybridized carbons (Fsp3) is 0.429. The standard InChI is InChI=1S/C14H18N2O5/c1-9(2)10(3)15-13(17)8-21-14(18)11-4-6-12(7-5-11)16(19)20/h4-7,9-10H,8H2,1-3H3,(H,15,17)/t10-/m0/s1. The molecule has 7 heteroatoms. The molecule has 0 unspecified atom stereocenters. The van der Waals surface area contributed by atoms with Crippen LogP contribution in [0.3, 0.4) is 0 Å². The van der Waals surface area contributed by atoms with Crippen LogP contribution in [0.2, 0.25) is 0 Å². The predicted octanol–water partition coefficient (Wildman–Crippen LogP) is 1.91. The van der Waals surface area contributed by atoms with Crippen LogP contribution < -0.4 is 5.32 Å². The van der Waals surface area contributed by atoms with Crippen LogP contribution in [0.15, 0.2) is 24.3 Å². The number of benzene rings is 1. The molecule has 0 heterocycles. The summed E-state index contributed by atoms with van der Waals surface area (Å²) >= 11 is 0. The molecule has 0 saturated carbocycles. The summed E-state index contributed by atoms with van der Waals surface area (Å²) in [5.41, 5.74) is 0.0420. The Morgan fingerprint density at radius 3 is 2.29 bits per heavy atom. The Labute approximate surface area is 122 Å². The molecule has 0 radical (unpaired) electrons. The summed E-state index contributed by atoms with van der Waals surface area (Å²) in [6.45, 7) is 5.41. The fourth-order valence-corrected chi connectivity index (χ4v) is 1.40. The van der Waals surface area contributed by atoms with Gasteiger partial charge in [0.25, 0.3) is 11.6 Å². The van der Waals surface area contributed by atoms with Crippen molar-refractivity contribution in [2.24, 2.45) is 5.92 Å². The first kappa shape index (κ1) is 16.6. The molecule has 0 aliphatic carbocycles. The first-order valence-electron chi connectivity index (χ1n) is 6.52. The van der Waals surface area contributed by atoms with Crippen molar-refractivity contribution in [1.29, 1.82) is 0 Å². The van der Waals surface area contributed by atoms with Gasteiger partial charge in [0.1, 0.15) is 0 Å². The van der Waals surface area contributed by atoms with Crippen molar-refractivity contribution < 1.29 is 19.2 Å². The van der Waals surface area contributed by atoms with E-state index >= 15 is 0 Å². The molecule has 0 spiro atoms. The van der Waals surface area contributed by atoms with E-state index in [0.717, 1.165) is 0 Å². The van der Waals surface area contributed by atoms with Crippen LogP contribution in [0.5, 0.6) is 0 Å². The van der Waals surface area contributed by atoms with Gasteiger partial charge >= 0.3 is 5.97 Å². The third kappa shape index (κ3) is 5.21. The quantitative estimate of drug-likeness (QED) is 0.491. The summed E-state index contributed by atoms with van der Waals surface area (Å²) in [6, 6.07) is 4.97. The van der Waals surface area contributed by atoms with Gasteiger partial charge in [-0.1, -0.05) is 13.8 Å². The molecule has 114 valence electrons. The Bertz CT molecular complexity index is 525. The van der Waals surface area contributed by atoms with E-state index in [1.165, 1.54) is 24.3 Å². The van der Waals surface area contributed by atoms with Gasteiger partial charge < -0.3 is 10.1 Å². The highest BCUT2D eigenvalue weighted by molar-refractivity contribution is 5.91. The number of carbonyl (C=O) groups is 2. The Hall–Kier alpha value is -2.44. The molecule has 1 N–H and O–H groups in total. The topological polar surface area (TPSA) is 98.5 Å². The molecule has 0 aliphatic heterocycles. The van der Waals surface area contributed by atoms with Gasteiger partial charge in [0.2, 0.25) is 0 Å². The van der Waals surface area contributed by atoms with Crippen LogP contribution in [-0.2, 0) is 9.53 Å². The monoisotopic (exact) mass is 294 g/mol. The van der Waals surface area contributed by atoms with Crippen LogP contribution in [0.1, 0.15) is 31.1 Å². The molecule has 0 fully saturated rings. The van der Waals surface area contributed by atoms with E-state index in [1.807, 2.05) is 20.8 Å². The number of hydrogen-bond donors (Lipinski definition) is 1. The van der Waals surface area contributed by atoms with Gasteiger partial charge in [-0.05, 0) is 25.0 Å². The molecule has 1 rings (SSSR count).